The molecule has 0 aromatic carbocycles. The zero-order valence-electron chi connectivity index (χ0n) is 9.76. The highest BCUT2D eigenvalue weighted by Gasteiger charge is 2.36. The number of hydrogen-bond acceptors (Lipinski definition) is 3. The monoisotopic (exact) mass is 213 g/mol. The molecule has 0 bridgehead atoms. The molecule has 2 saturated heterocycles. The Bertz CT molecular complexity index is 179. The first kappa shape index (κ1) is 11.4. The fourth-order valence-electron chi connectivity index (χ4n) is 2.92. The second-order valence-electron chi connectivity index (χ2n) is 4.98. The quantitative estimate of drug-likeness (QED) is 0.769. The average molecular weight is 213 g/mol. The summed E-state index contributed by atoms with van der Waals surface area (Å²) in [6.07, 6.45) is 6.16. The van der Waals surface area contributed by atoms with Crippen LogP contribution < -0.4 is 5.32 Å². The van der Waals surface area contributed by atoms with Gasteiger partial charge < -0.3 is 14.8 Å². The van der Waals surface area contributed by atoms with Gasteiger partial charge in [-0.25, -0.2) is 0 Å². The van der Waals surface area contributed by atoms with Crippen molar-refractivity contribution in [1.29, 1.82) is 0 Å². The zero-order valence-corrected chi connectivity index (χ0v) is 9.76. The van der Waals surface area contributed by atoms with Gasteiger partial charge in [0.15, 0.2) is 0 Å². The lowest BCUT2D eigenvalue weighted by atomic mass is 9.84. The van der Waals surface area contributed by atoms with Gasteiger partial charge in [-0.05, 0) is 51.1 Å². The van der Waals surface area contributed by atoms with Gasteiger partial charge in [-0.3, -0.25) is 0 Å². The van der Waals surface area contributed by atoms with E-state index in [4.69, 9.17) is 9.47 Å². The van der Waals surface area contributed by atoms with Crippen molar-refractivity contribution >= 4 is 0 Å². The minimum Gasteiger partial charge on any atom is -0.382 e. The molecule has 15 heavy (non-hydrogen) atoms. The fourth-order valence-corrected chi connectivity index (χ4v) is 2.92. The van der Waals surface area contributed by atoms with Gasteiger partial charge in [0.1, 0.15) is 0 Å². The molecular weight excluding hydrogens is 190 g/mol. The molecule has 3 nitrogen and oxygen atoms in total. The molecule has 0 aliphatic carbocycles. The number of nitrogens with one attached hydrogen (secondary N) is 1. The van der Waals surface area contributed by atoms with Crippen LogP contribution in [-0.4, -0.2) is 39.0 Å². The Labute approximate surface area is 92.5 Å². The highest BCUT2D eigenvalue weighted by molar-refractivity contribution is 4.88. The molecule has 2 aliphatic heterocycles. The highest BCUT2D eigenvalue weighted by atomic mass is 16.5. The molecular formula is C12H23NO2. The lowest BCUT2D eigenvalue weighted by Gasteiger charge is -2.38. The maximum atomic E-state index is 6.02. The van der Waals surface area contributed by atoms with Gasteiger partial charge in [0.05, 0.1) is 12.2 Å². The van der Waals surface area contributed by atoms with Crippen LogP contribution in [0, 0.1) is 5.92 Å². The largest absolute Gasteiger partial charge is 0.382 e. The molecule has 88 valence electrons. The van der Waals surface area contributed by atoms with E-state index in [-0.39, 0.29) is 5.60 Å². The summed E-state index contributed by atoms with van der Waals surface area (Å²) in [5.74, 6) is 0.790. The third-order valence-corrected chi connectivity index (χ3v) is 3.67. The summed E-state index contributed by atoms with van der Waals surface area (Å²) in [5.41, 5.74) is 0.0314. The van der Waals surface area contributed by atoms with Crippen LogP contribution in [0.1, 0.15) is 32.1 Å². The second-order valence-corrected chi connectivity index (χ2v) is 4.98. The third kappa shape index (κ3) is 2.92. The summed E-state index contributed by atoms with van der Waals surface area (Å²) >= 11 is 0. The molecule has 0 radical (unpaired) electrons. The van der Waals surface area contributed by atoms with Gasteiger partial charge in [-0.1, -0.05) is 0 Å². The molecule has 0 aromatic heterocycles. The van der Waals surface area contributed by atoms with Gasteiger partial charge in [-0.15, -0.1) is 0 Å². The third-order valence-electron chi connectivity index (χ3n) is 3.67. The van der Waals surface area contributed by atoms with Crippen molar-refractivity contribution in [3.8, 4) is 0 Å². The van der Waals surface area contributed by atoms with E-state index in [1.165, 1.54) is 38.6 Å². The maximum absolute atomic E-state index is 6.02. The van der Waals surface area contributed by atoms with Gasteiger partial charge in [0, 0.05) is 13.7 Å². The van der Waals surface area contributed by atoms with Crippen molar-refractivity contribution < 1.29 is 9.47 Å². The molecule has 2 rings (SSSR count). The predicted molar refractivity (Wildman–Crippen MR) is 60.0 cm³/mol. The predicted octanol–water partition coefficient (Wildman–Crippen LogP) is 1.57. The number of methoxy groups -OCH3 is 1. The van der Waals surface area contributed by atoms with Gasteiger partial charge in [0.25, 0.3) is 0 Å². The van der Waals surface area contributed by atoms with E-state index < -0.39 is 0 Å². The molecule has 0 spiro atoms. The van der Waals surface area contributed by atoms with Crippen molar-refractivity contribution in [3.63, 3.8) is 0 Å². The molecule has 2 fully saturated rings. The Kier molecular flexibility index (Phi) is 4.00. The minimum absolute atomic E-state index is 0.0314. The molecule has 0 aromatic rings. The standard InChI is InChI=1S/C12H23NO2/c1-14-10-12(5-2-3-7-15-12)8-11-4-6-13-9-11/h11,13H,2-10H2,1H3. The molecule has 2 heterocycles. The molecule has 2 aliphatic rings. The van der Waals surface area contributed by atoms with Gasteiger partial charge >= 0.3 is 0 Å². The molecule has 2 unspecified atom stereocenters. The summed E-state index contributed by atoms with van der Waals surface area (Å²) in [4.78, 5) is 0. The maximum Gasteiger partial charge on any atom is 0.0917 e. The highest BCUT2D eigenvalue weighted by Crippen LogP contribution is 2.33. The summed E-state index contributed by atoms with van der Waals surface area (Å²) in [7, 11) is 1.78. The van der Waals surface area contributed by atoms with Crippen molar-refractivity contribution in [2.24, 2.45) is 5.92 Å². The number of ether oxygens (including phenoxy) is 2. The Morgan fingerprint density at radius 1 is 1.47 bits per heavy atom. The van der Waals surface area contributed by atoms with E-state index in [1.54, 1.807) is 7.11 Å². The van der Waals surface area contributed by atoms with Crippen molar-refractivity contribution in [2.45, 2.75) is 37.7 Å². The molecule has 2 atom stereocenters. The lowest BCUT2D eigenvalue weighted by molar-refractivity contribution is -0.126. The first-order valence-electron chi connectivity index (χ1n) is 6.18. The van der Waals surface area contributed by atoms with E-state index in [0.29, 0.717) is 0 Å². The normalized spacial score (nSPS) is 37.0. The Morgan fingerprint density at radius 3 is 3.00 bits per heavy atom. The SMILES string of the molecule is COCC1(CC2CCNC2)CCCCO1. The van der Waals surface area contributed by atoms with Crippen molar-refractivity contribution in [3.05, 3.63) is 0 Å². The van der Waals surface area contributed by atoms with Crippen molar-refractivity contribution in [2.75, 3.05) is 33.4 Å². The van der Waals surface area contributed by atoms with Crippen LogP contribution in [0.4, 0.5) is 0 Å². The van der Waals surface area contributed by atoms with E-state index in [0.717, 1.165) is 25.7 Å². The second kappa shape index (κ2) is 5.28. The minimum atomic E-state index is 0.0314. The van der Waals surface area contributed by atoms with Crippen LogP contribution in [0.15, 0.2) is 0 Å². The van der Waals surface area contributed by atoms with E-state index in [2.05, 4.69) is 5.32 Å². The molecule has 3 heteroatoms. The van der Waals surface area contributed by atoms with E-state index in [1.807, 2.05) is 0 Å². The van der Waals surface area contributed by atoms with E-state index in [9.17, 15) is 0 Å². The summed E-state index contributed by atoms with van der Waals surface area (Å²) in [6.45, 7) is 4.02. The van der Waals surface area contributed by atoms with Crippen LogP contribution in [0.2, 0.25) is 0 Å². The lowest BCUT2D eigenvalue weighted by Crippen LogP contribution is -2.42. The number of rotatable bonds is 4. The summed E-state index contributed by atoms with van der Waals surface area (Å²) in [5, 5.41) is 3.42. The Morgan fingerprint density at radius 2 is 2.40 bits per heavy atom. The summed E-state index contributed by atoms with van der Waals surface area (Å²) in [6, 6.07) is 0. The van der Waals surface area contributed by atoms with Crippen molar-refractivity contribution in [1.82, 2.24) is 5.32 Å². The van der Waals surface area contributed by atoms with E-state index >= 15 is 0 Å². The van der Waals surface area contributed by atoms with Crippen LogP contribution in [-0.2, 0) is 9.47 Å². The van der Waals surface area contributed by atoms with Crippen LogP contribution in [0.25, 0.3) is 0 Å². The topological polar surface area (TPSA) is 30.5 Å². The molecule has 0 saturated carbocycles. The zero-order chi connectivity index (χ0) is 10.6. The Hall–Kier alpha value is -0.120. The first-order valence-corrected chi connectivity index (χ1v) is 6.18. The smallest absolute Gasteiger partial charge is 0.0917 e. The molecule has 0 amide bonds. The van der Waals surface area contributed by atoms with Crippen LogP contribution >= 0.6 is 0 Å². The first-order chi connectivity index (χ1) is 7.35. The van der Waals surface area contributed by atoms with Gasteiger partial charge in [-0.2, -0.15) is 0 Å². The fraction of sp³-hybridized carbons (Fsp3) is 1.00. The average Bonchev–Trinajstić information content (AvgIpc) is 2.72. The van der Waals surface area contributed by atoms with Crippen LogP contribution in [0.3, 0.4) is 0 Å². The van der Waals surface area contributed by atoms with Gasteiger partial charge in [0.2, 0.25) is 0 Å². The van der Waals surface area contributed by atoms with Crippen LogP contribution in [0.5, 0.6) is 0 Å². The number of hydrogen-bond donors (Lipinski definition) is 1. The molecule has 1 N–H and O–H groups in total. The summed E-state index contributed by atoms with van der Waals surface area (Å²) < 4.78 is 11.4. The Balaban J connectivity index is 1.90.